The molecule has 1 aromatic carbocycles. The lowest BCUT2D eigenvalue weighted by atomic mass is 10.0. The highest BCUT2D eigenvalue weighted by atomic mass is 32.2. The summed E-state index contributed by atoms with van der Waals surface area (Å²) in [5.74, 6) is -0.457. The Morgan fingerprint density at radius 2 is 2.24 bits per heavy atom. The molecular formula is C13H14FN3O3S. The zero-order valence-electron chi connectivity index (χ0n) is 11.3. The summed E-state index contributed by atoms with van der Waals surface area (Å²) in [6.07, 6.45) is 3.90. The summed E-state index contributed by atoms with van der Waals surface area (Å²) >= 11 is 0. The molecule has 0 atom stereocenters. The maximum absolute atomic E-state index is 13.9. The van der Waals surface area contributed by atoms with Gasteiger partial charge >= 0.3 is 0 Å². The fourth-order valence-corrected chi connectivity index (χ4v) is 3.90. The number of rotatable bonds is 3. The normalized spacial score (nSPS) is 14.9. The Morgan fingerprint density at radius 3 is 2.90 bits per heavy atom. The van der Waals surface area contributed by atoms with Crippen LogP contribution < -0.4 is 9.04 Å². The average molecular weight is 311 g/mol. The van der Waals surface area contributed by atoms with Gasteiger partial charge in [-0.15, -0.1) is 0 Å². The number of fused-ring (bicyclic) bond motifs is 1. The van der Waals surface area contributed by atoms with Gasteiger partial charge in [-0.1, -0.05) is 0 Å². The number of hydrogen-bond donors (Lipinski definition) is 1. The molecule has 0 saturated carbocycles. The molecule has 3 rings (SSSR count). The highest BCUT2D eigenvalue weighted by Gasteiger charge is 2.30. The van der Waals surface area contributed by atoms with Crippen molar-refractivity contribution in [3.05, 3.63) is 35.9 Å². The van der Waals surface area contributed by atoms with Crippen LogP contribution in [-0.4, -0.2) is 32.3 Å². The summed E-state index contributed by atoms with van der Waals surface area (Å²) in [4.78, 5) is 0.0616. The van der Waals surface area contributed by atoms with E-state index < -0.39 is 15.8 Å². The molecule has 0 saturated heterocycles. The molecule has 8 heteroatoms. The molecule has 0 radical (unpaired) electrons. The molecule has 2 aromatic rings. The van der Waals surface area contributed by atoms with Crippen molar-refractivity contribution in [1.82, 2.24) is 10.2 Å². The van der Waals surface area contributed by atoms with Gasteiger partial charge in [-0.3, -0.25) is 9.40 Å². The quantitative estimate of drug-likeness (QED) is 0.936. The first-order valence-electron chi connectivity index (χ1n) is 6.42. The monoisotopic (exact) mass is 311 g/mol. The zero-order chi connectivity index (χ0) is 15.0. The van der Waals surface area contributed by atoms with Gasteiger partial charge in [0.15, 0.2) is 11.6 Å². The Morgan fingerprint density at radius 1 is 1.43 bits per heavy atom. The minimum absolute atomic E-state index is 0.0616. The number of aromatic amines is 1. The highest BCUT2D eigenvalue weighted by molar-refractivity contribution is 7.92. The fourth-order valence-electron chi connectivity index (χ4n) is 2.46. The standard InChI is InChI=1S/C13H14FN3O3S/c1-20-13-5-9-3-2-4-17(12(9)6-11(13)14)21(18,19)10-7-15-16-8-10/h5-8H,2-4H2,1H3,(H,15,16). The molecule has 21 heavy (non-hydrogen) atoms. The first-order valence-corrected chi connectivity index (χ1v) is 7.86. The van der Waals surface area contributed by atoms with E-state index in [4.69, 9.17) is 4.74 Å². The number of sulfonamides is 1. The SMILES string of the molecule is COc1cc2c(cc1F)N(S(=O)(=O)c1cn[nH]c1)CCC2. The number of nitrogens with one attached hydrogen (secondary N) is 1. The third kappa shape index (κ3) is 2.25. The van der Waals surface area contributed by atoms with Crippen LogP contribution in [0.4, 0.5) is 10.1 Å². The van der Waals surface area contributed by atoms with Crippen molar-refractivity contribution in [3.8, 4) is 5.75 Å². The van der Waals surface area contributed by atoms with Crippen LogP contribution in [0.15, 0.2) is 29.4 Å². The van der Waals surface area contributed by atoms with Crippen molar-refractivity contribution < 1.29 is 17.5 Å². The summed E-state index contributed by atoms with van der Waals surface area (Å²) in [6.45, 7) is 0.312. The number of ether oxygens (including phenoxy) is 1. The van der Waals surface area contributed by atoms with Gasteiger partial charge in [0.25, 0.3) is 10.0 Å². The van der Waals surface area contributed by atoms with Crippen LogP contribution in [0.2, 0.25) is 0 Å². The van der Waals surface area contributed by atoms with Crippen molar-refractivity contribution in [2.24, 2.45) is 0 Å². The minimum Gasteiger partial charge on any atom is -0.494 e. The minimum atomic E-state index is -3.74. The van der Waals surface area contributed by atoms with Gasteiger partial charge < -0.3 is 4.74 Å². The van der Waals surface area contributed by atoms with E-state index in [1.807, 2.05) is 0 Å². The molecule has 6 nitrogen and oxygen atoms in total. The highest BCUT2D eigenvalue weighted by Crippen LogP contribution is 2.35. The Hall–Kier alpha value is -2.09. The smallest absolute Gasteiger partial charge is 0.267 e. The van der Waals surface area contributed by atoms with E-state index in [9.17, 15) is 12.8 Å². The predicted octanol–water partition coefficient (Wildman–Crippen LogP) is 1.70. The molecule has 0 fully saturated rings. The van der Waals surface area contributed by atoms with E-state index in [2.05, 4.69) is 10.2 Å². The third-order valence-corrected chi connectivity index (χ3v) is 5.27. The van der Waals surface area contributed by atoms with Gasteiger partial charge in [-0.25, -0.2) is 12.8 Å². The second kappa shape index (κ2) is 5.03. The van der Waals surface area contributed by atoms with Gasteiger partial charge in [0.05, 0.1) is 19.0 Å². The van der Waals surface area contributed by atoms with E-state index in [1.54, 1.807) is 6.07 Å². The van der Waals surface area contributed by atoms with Crippen LogP contribution >= 0.6 is 0 Å². The van der Waals surface area contributed by atoms with Crippen molar-refractivity contribution >= 4 is 15.7 Å². The second-order valence-corrected chi connectivity index (χ2v) is 6.59. The van der Waals surface area contributed by atoms with Crippen molar-refractivity contribution in [3.63, 3.8) is 0 Å². The summed E-state index contributed by atoms with van der Waals surface area (Å²) in [6, 6.07) is 2.77. The maximum Gasteiger partial charge on any atom is 0.267 e. The molecule has 1 aliphatic heterocycles. The molecule has 1 N–H and O–H groups in total. The Kier molecular flexibility index (Phi) is 3.32. The van der Waals surface area contributed by atoms with Crippen LogP contribution in [0.25, 0.3) is 0 Å². The lowest BCUT2D eigenvalue weighted by molar-refractivity contribution is 0.385. The number of anilines is 1. The van der Waals surface area contributed by atoms with Crippen LogP contribution in [0.1, 0.15) is 12.0 Å². The van der Waals surface area contributed by atoms with Crippen molar-refractivity contribution in [2.75, 3.05) is 18.0 Å². The number of H-pyrrole nitrogens is 1. The predicted molar refractivity (Wildman–Crippen MR) is 74.4 cm³/mol. The van der Waals surface area contributed by atoms with E-state index in [-0.39, 0.29) is 10.6 Å². The summed E-state index contributed by atoms with van der Waals surface area (Å²) in [5.41, 5.74) is 1.12. The van der Waals surface area contributed by atoms with Crippen LogP contribution in [0.5, 0.6) is 5.75 Å². The van der Waals surface area contributed by atoms with E-state index in [1.165, 1.54) is 29.9 Å². The molecule has 1 aliphatic rings. The number of hydrogen-bond acceptors (Lipinski definition) is 4. The molecule has 1 aromatic heterocycles. The second-order valence-electron chi connectivity index (χ2n) is 4.73. The third-order valence-electron chi connectivity index (χ3n) is 3.49. The summed E-state index contributed by atoms with van der Waals surface area (Å²) < 4.78 is 45.3. The maximum atomic E-state index is 13.9. The lowest BCUT2D eigenvalue weighted by Crippen LogP contribution is -2.35. The van der Waals surface area contributed by atoms with Gasteiger partial charge in [0.2, 0.25) is 0 Å². The zero-order valence-corrected chi connectivity index (χ0v) is 12.2. The summed E-state index contributed by atoms with van der Waals surface area (Å²) in [7, 11) is -2.35. The van der Waals surface area contributed by atoms with Crippen molar-refractivity contribution in [2.45, 2.75) is 17.7 Å². The molecule has 0 bridgehead atoms. The molecule has 0 unspecified atom stereocenters. The Labute approximate surface area is 121 Å². The van der Waals surface area contributed by atoms with Crippen LogP contribution in [-0.2, 0) is 16.4 Å². The van der Waals surface area contributed by atoms with Crippen molar-refractivity contribution in [1.29, 1.82) is 0 Å². The average Bonchev–Trinajstić information content (AvgIpc) is 3.00. The molecular weight excluding hydrogens is 297 g/mol. The number of aromatic nitrogens is 2. The number of halogens is 1. The van der Waals surface area contributed by atoms with Gasteiger partial charge in [-0.05, 0) is 24.5 Å². The molecule has 0 aliphatic carbocycles. The summed E-state index contributed by atoms with van der Waals surface area (Å²) in [5, 5.41) is 6.14. The molecule has 0 spiro atoms. The van der Waals surface area contributed by atoms with Gasteiger partial charge in [0, 0.05) is 18.8 Å². The molecule has 2 heterocycles. The number of nitrogens with zero attached hydrogens (tertiary/aromatic N) is 2. The topological polar surface area (TPSA) is 75.3 Å². The van der Waals surface area contributed by atoms with E-state index in [0.717, 1.165) is 5.56 Å². The number of methoxy groups -OCH3 is 1. The van der Waals surface area contributed by atoms with Gasteiger partial charge in [0.1, 0.15) is 4.90 Å². The molecule has 112 valence electrons. The van der Waals surface area contributed by atoms with Crippen LogP contribution in [0.3, 0.4) is 0 Å². The van der Waals surface area contributed by atoms with Crippen LogP contribution in [0, 0.1) is 5.82 Å². The fraction of sp³-hybridized carbons (Fsp3) is 0.308. The largest absolute Gasteiger partial charge is 0.494 e. The lowest BCUT2D eigenvalue weighted by Gasteiger charge is -2.30. The Balaban J connectivity index is 2.11. The van der Waals surface area contributed by atoms with E-state index >= 15 is 0 Å². The Bertz CT molecular complexity index is 759. The first-order chi connectivity index (χ1) is 10.0. The van der Waals surface area contributed by atoms with E-state index in [0.29, 0.717) is 25.1 Å². The molecule has 0 amide bonds. The number of benzene rings is 1. The van der Waals surface area contributed by atoms with Gasteiger partial charge in [-0.2, -0.15) is 5.10 Å². The number of aryl methyl sites for hydroxylation is 1. The first kappa shape index (κ1) is 13.9.